The average molecular weight is 282 g/mol. The second-order valence-corrected chi connectivity index (χ2v) is 5.90. The highest BCUT2D eigenvalue weighted by Crippen LogP contribution is 2.25. The van der Waals surface area contributed by atoms with Crippen LogP contribution in [0.5, 0.6) is 0 Å². The zero-order valence-electron chi connectivity index (χ0n) is 10.1. The van der Waals surface area contributed by atoms with Crippen molar-refractivity contribution >= 4 is 15.7 Å². The Balaban J connectivity index is 2.34. The van der Waals surface area contributed by atoms with Crippen LogP contribution < -0.4 is 11.3 Å². The van der Waals surface area contributed by atoms with E-state index < -0.39 is 16.1 Å². The Morgan fingerprint density at radius 2 is 2.21 bits per heavy atom. The normalized spacial score (nSPS) is 20.7. The van der Waals surface area contributed by atoms with Crippen LogP contribution in [0.4, 0.5) is 5.69 Å². The van der Waals surface area contributed by atoms with Crippen LogP contribution in [0.15, 0.2) is 29.2 Å². The van der Waals surface area contributed by atoms with Crippen LogP contribution in [0.25, 0.3) is 0 Å². The minimum absolute atomic E-state index is 0.0255. The number of nitrogens with one attached hydrogen (secondary N) is 1. The van der Waals surface area contributed by atoms with E-state index in [0.29, 0.717) is 5.69 Å². The molecule has 1 aromatic carbocycles. The fraction of sp³-hybridized carbons (Fsp3) is 0.364. The van der Waals surface area contributed by atoms with E-state index in [1.807, 2.05) is 6.07 Å². The van der Waals surface area contributed by atoms with Crippen LogP contribution in [-0.4, -0.2) is 38.5 Å². The lowest BCUT2D eigenvalue weighted by molar-refractivity contribution is 0.0311. The van der Waals surface area contributed by atoms with Crippen molar-refractivity contribution < 1.29 is 13.2 Å². The van der Waals surface area contributed by atoms with Gasteiger partial charge >= 0.3 is 0 Å². The van der Waals surface area contributed by atoms with E-state index in [0.717, 1.165) is 0 Å². The van der Waals surface area contributed by atoms with Crippen LogP contribution in [0.3, 0.4) is 0 Å². The number of nitriles is 1. The van der Waals surface area contributed by atoms with E-state index in [9.17, 15) is 8.42 Å². The van der Waals surface area contributed by atoms with Gasteiger partial charge in [0.2, 0.25) is 10.0 Å². The quantitative estimate of drug-likeness (QED) is 0.591. The molecule has 0 aliphatic carbocycles. The molecule has 0 amide bonds. The number of rotatable bonds is 3. The summed E-state index contributed by atoms with van der Waals surface area (Å²) in [6.45, 7) is 0.451. The van der Waals surface area contributed by atoms with E-state index in [1.165, 1.54) is 10.4 Å². The molecule has 1 unspecified atom stereocenters. The lowest BCUT2D eigenvalue weighted by atomic mass is 10.3. The summed E-state index contributed by atoms with van der Waals surface area (Å²) in [5.41, 5.74) is 2.69. The fourth-order valence-corrected chi connectivity index (χ4v) is 3.45. The summed E-state index contributed by atoms with van der Waals surface area (Å²) < 4.78 is 31.4. The number of morpholine rings is 1. The number of para-hydroxylation sites is 1. The van der Waals surface area contributed by atoms with Gasteiger partial charge in [-0.25, -0.2) is 8.42 Å². The molecule has 8 heteroatoms. The Morgan fingerprint density at radius 3 is 2.89 bits per heavy atom. The van der Waals surface area contributed by atoms with Crippen LogP contribution in [0, 0.1) is 11.3 Å². The van der Waals surface area contributed by atoms with Crippen molar-refractivity contribution in [3.63, 3.8) is 0 Å². The summed E-state index contributed by atoms with van der Waals surface area (Å²) in [5.74, 6) is 5.32. The van der Waals surface area contributed by atoms with Crippen LogP contribution in [-0.2, 0) is 14.8 Å². The molecule has 0 aromatic heterocycles. The Hall–Kier alpha value is -1.66. The number of nitrogens with zero attached hydrogens (tertiary/aromatic N) is 2. The first-order valence-corrected chi connectivity index (χ1v) is 7.10. The molecule has 1 saturated heterocycles. The van der Waals surface area contributed by atoms with Gasteiger partial charge in [-0.15, -0.1) is 0 Å². The lowest BCUT2D eigenvalue weighted by Gasteiger charge is -2.29. The number of hydrazine groups is 1. The smallest absolute Gasteiger partial charge is 0.245 e. The minimum Gasteiger partial charge on any atom is -0.361 e. The summed E-state index contributed by atoms with van der Waals surface area (Å²) >= 11 is 0. The summed E-state index contributed by atoms with van der Waals surface area (Å²) in [6.07, 6.45) is -0.735. The van der Waals surface area contributed by atoms with Gasteiger partial charge in [0.15, 0.2) is 6.10 Å². The predicted octanol–water partition coefficient (Wildman–Crippen LogP) is -0.115. The maximum Gasteiger partial charge on any atom is 0.245 e. The van der Waals surface area contributed by atoms with Gasteiger partial charge in [-0.1, -0.05) is 12.1 Å². The summed E-state index contributed by atoms with van der Waals surface area (Å²) in [4.78, 5) is 0.0936. The van der Waals surface area contributed by atoms with Gasteiger partial charge in [0, 0.05) is 6.54 Å². The van der Waals surface area contributed by atoms with Gasteiger partial charge in [-0.3, -0.25) is 5.84 Å². The van der Waals surface area contributed by atoms with Crippen LogP contribution >= 0.6 is 0 Å². The van der Waals surface area contributed by atoms with E-state index >= 15 is 0 Å². The highest BCUT2D eigenvalue weighted by molar-refractivity contribution is 7.89. The maximum absolute atomic E-state index is 12.5. The van der Waals surface area contributed by atoms with E-state index in [2.05, 4.69) is 5.43 Å². The topological polar surface area (TPSA) is 108 Å². The van der Waals surface area contributed by atoms with Crippen molar-refractivity contribution in [2.45, 2.75) is 11.0 Å². The molecule has 0 spiro atoms. The molecule has 2 rings (SSSR count). The Morgan fingerprint density at radius 1 is 1.47 bits per heavy atom. The summed E-state index contributed by atoms with van der Waals surface area (Å²) in [5, 5.41) is 8.82. The number of anilines is 1. The van der Waals surface area contributed by atoms with Gasteiger partial charge in [-0.05, 0) is 12.1 Å². The molecule has 1 aromatic rings. The highest BCUT2D eigenvalue weighted by Gasteiger charge is 2.32. The molecule has 19 heavy (non-hydrogen) atoms. The zero-order valence-corrected chi connectivity index (χ0v) is 10.9. The number of hydrogen-bond acceptors (Lipinski definition) is 6. The third kappa shape index (κ3) is 2.69. The molecular weight excluding hydrogens is 268 g/mol. The van der Waals surface area contributed by atoms with E-state index in [-0.39, 0.29) is 24.6 Å². The number of sulfonamides is 1. The molecule has 0 radical (unpaired) electrons. The maximum atomic E-state index is 12.5. The number of hydrogen-bond donors (Lipinski definition) is 2. The molecule has 1 aliphatic rings. The van der Waals surface area contributed by atoms with Gasteiger partial charge in [-0.2, -0.15) is 9.57 Å². The van der Waals surface area contributed by atoms with Crippen molar-refractivity contribution in [3.8, 4) is 6.07 Å². The molecule has 3 N–H and O–H groups in total. The molecule has 1 heterocycles. The van der Waals surface area contributed by atoms with Crippen molar-refractivity contribution in [2.75, 3.05) is 25.1 Å². The molecular formula is C11H14N4O3S. The molecule has 0 saturated carbocycles. The third-order valence-electron chi connectivity index (χ3n) is 2.83. The van der Waals surface area contributed by atoms with E-state index in [4.69, 9.17) is 15.8 Å². The molecule has 1 atom stereocenters. The van der Waals surface area contributed by atoms with Gasteiger partial charge < -0.3 is 10.2 Å². The van der Waals surface area contributed by atoms with Crippen molar-refractivity contribution in [2.24, 2.45) is 5.84 Å². The summed E-state index contributed by atoms with van der Waals surface area (Å²) in [7, 11) is -3.69. The first-order valence-electron chi connectivity index (χ1n) is 5.66. The number of nitrogens with two attached hydrogens (primary N) is 1. The molecule has 7 nitrogen and oxygen atoms in total. The first-order chi connectivity index (χ1) is 9.09. The summed E-state index contributed by atoms with van der Waals surface area (Å²) in [6, 6.07) is 8.28. The van der Waals surface area contributed by atoms with Crippen LogP contribution in [0.1, 0.15) is 0 Å². The standard InChI is InChI=1S/C11H14N4O3S/c12-7-9-8-15(5-6-18-9)19(16,17)11-4-2-1-3-10(11)14-13/h1-4,9,14H,5-6,8,13H2. The van der Waals surface area contributed by atoms with Gasteiger partial charge in [0.25, 0.3) is 0 Å². The molecule has 1 fully saturated rings. The van der Waals surface area contributed by atoms with E-state index in [1.54, 1.807) is 18.2 Å². The first kappa shape index (κ1) is 13.8. The largest absolute Gasteiger partial charge is 0.361 e. The fourth-order valence-electron chi connectivity index (χ4n) is 1.87. The SMILES string of the molecule is N#CC1CN(S(=O)(=O)c2ccccc2NN)CCO1. The monoisotopic (exact) mass is 282 g/mol. The Bertz CT molecular complexity index is 596. The Kier molecular flexibility index (Phi) is 4.01. The lowest BCUT2D eigenvalue weighted by Crippen LogP contribution is -2.45. The minimum atomic E-state index is -3.69. The molecule has 102 valence electrons. The molecule has 0 bridgehead atoms. The van der Waals surface area contributed by atoms with Crippen molar-refractivity contribution in [1.82, 2.24) is 4.31 Å². The van der Waals surface area contributed by atoms with Gasteiger partial charge in [0.05, 0.1) is 24.9 Å². The number of ether oxygens (including phenoxy) is 1. The second-order valence-electron chi connectivity index (χ2n) is 3.99. The zero-order chi connectivity index (χ0) is 13.9. The van der Waals surface area contributed by atoms with Crippen molar-refractivity contribution in [3.05, 3.63) is 24.3 Å². The predicted molar refractivity (Wildman–Crippen MR) is 68.4 cm³/mol. The third-order valence-corrected chi connectivity index (χ3v) is 4.76. The van der Waals surface area contributed by atoms with Crippen LogP contribution in [0.2, 0.25) is 0 Å². The Labute approximate surface area is 111 Å². The highest BCUT2D eigenvalue weighted by atomic mass is 32.2. The molecule has 1 aliphatic heterocycles. The number of benzene rings is 1. The van der Waals surface area contributed by atoms with Gasteiger partial charge in [0.1, 0.15) is 4.90 Å². The van der Waals surface area contributed by atoms with Crippen molar-refractivity contribution in [1.29, 1.82) is 5.26 Å². The second kappa shape index (κ2) is 5.54. The number of nitrogen functional groups attached to an aromatic ring is 1. The average Bonchev–Trinajstić information content (AvgIpc) is 2.47.